The first kappa shape index (κ1) is 18.5. The van der Waals surface area contributed by atoms with Gasteiger partial charge >= 0.3 is 6.03 Å². The maximum atomic E-state index is 12.7. The summed E-state index contributed by atoms with van der Waals surface area (Å²) in [7, 11) is 0. The van der Waals surface area contributed by atoms with Gasteiger partial charge in [-0.3, -0.25) is 14.2 Å². The van der Waals surface area contributed by atoms with Gasteiger partial charge in [0.2, 0.25) is 5.91 Å². The number of piperazine rings is 1. The fourth-order valence-corrected chi connectivity index (χ4v) is 3.90. The highest BCUT2D eigenvalue weighted by atomic mass is 16.2. The predicted molar refractivity (Wildman–Crippen MR) is 105 cm³/mol. The van der Waals surface area contributed by atoms with Crippen LogP contribution in [0.3, 0.4) is 0 Å². The van der Waals surface area contributed by atoms with Gasteiger partial charge in [0, 0.05) is 39.3 Å². The Hall–Kier alpha value is -2.90. The molecule has 28 heavy (non-hydrogen) atoms. The van der Waals surface area contributed by atoms with Crippen LogP contribution in [0.1, 0.15) is 19.3 Å². The van der Waals surface area contributed by atoms with Crippen molar-refractivity contribution in [3.63, 3.8) is 0 Å². The van der Waals surface area contributed by atoms with Crippen molar-refractivity contribution in [3.05, 3.63) is 40.9 Å². The van der Waals surface area contributed by atoms with Crippen LogP contribution < -0.4 is 5.56 Å². The summed E-state index contributed by atoms with van der Waals surface area (Å²) in [5.41, 5.74) is 0.416. The van der Waals surface area contributed by atoms with Crippen LogP contribution in [0, 0.1) is 0 Å². The summed E-state index contributed by atoms with van der Waals surface area (Å²) in [6.45, 7) is 3.68. The largest absolute Gasteiger partial charge is 0.338 e. The second-order valence-electron chi connectivity index (χ2n) is 7.39. The number of amides is 3. The van der Waals surface area contributed by atoms with Crippen LogP contribution in [0.15, 0.2) is 35.4 Å². The highest BCUT2D eigenvalue weighted by molar-refractivity contribution is 5.79. The molecule has 2 aliphatic heterocycles. The molecule has 0 radical (unpaired) electrons. The fourth-order valence-electron chi connectivity index (χ4n) is 3.90. The summed E-state index contributed by atoms with van der Waals surface area (Å²) < 4.78 is 1.36. The molecule has 0 bridgehead atoms. The molecule has 0 saturated carbocycles. The lowest BCUT2D eigenvalue weighted by atomic mass is 10.1. The van der Waals surface area contributed by atoms with E-state index in [0.29, 0.717) is 37.1 Å². The molecule has 8 heteroatoms. The average Bonchev–Trinajstić information content (AvgIpc) is 2.76. The molecule has 0 unspecified atom stereocenters. The van der Waals surface area contributed by atoms with Gasteiger partial charge in [-0.2, -0.15) is 0 Å². The Morgan fingerprint density at radius 2 is 1.50 bits per heavy atom. The van der Waals surface area contributed by atoms with Crippen LogP contribution >= 0.6 is 0 Å². The van der Waals surface area contributed by atoms with Crippen LogP contribution in [-0.2, 0) is 11.3 Å². The molecule has 8 nitrogen and oxygen atoms in total. The number of fused-ring (bicyclic) bond motifs is 1. The highest BCUT2D eigenvalue weighted by Gasteiger charge is 2.28. The molecular formula is C20H25N5O3. The first-order valence-electron chi connectivity index (χ1n) is 9.89. The Kier molecular flexibility index (Phi) is 5.27. The number of likely N-dealkylation sites (tertiary alicyclic amines) is 1. The number of aromatic nitrogens is 2. The molecule has 2 fully saturated rings. The van der Waals surface area contributed by atoms with Gasteiger partial charge < -0.3 is 14.7 Å². The van der Waals surface area contributed by atoms with E-state index in [9.17, 15) is 14.4 Å². The number of hydrogen-bond acceptors (Lipinski definition) is 4. The molecular weight excluding hydrogens is 358 g/mol. The first-order valence-corrected chi connectivity index (χ1v) is 9.89. The summed E-state index contributed by atoms with van der Waals surface area (Å²) in [5, 5.41) is 0.509. The molecule has 2 saturated heterocycles. The van der Waals surface area contributed by atoms with Crippen molar-refractivity contribution < 1.29 is 9.59 Å². The topological polar surface area (TPSA) is 78.8 Å². The van der Waals surface area contributed by atoms with E-state index in [4.69, 9.17) is 0 Å². The molecule has 1 aromatic carbocycles. The average molecular weight is 383 g/mol. The molecule has 4 rings (SSSR count). The highest BCUT2D eigenvalue weighted by Crippen LogP contribution is 2.13. The molecule has 3 heterocycles. The number of benzene rings is 1. The second-order valence-corrected chi connectivity index (χ2v) is 7.39. The lowest BCUT2D eigenvalue weighted by Crippen LogP contribution is -2.55. The van der Waals surface area contributed by atoms with Crippen molar-refractivity contribution in [1.82, 2.24) is 24.3 Å². The van der Waals surface area contributed by atoms with E-state index in [-0.39, 0.29) is 24.0 Å². The lowest BCUT2D eigenvalue weighted by molar-refractivity contribution is -0.133. The van der Waals surface area contributed by atoms with Gasteiger partial charge in [-0.05, 0) is 31.4 Å². The zero-order valence-corrected chi connectivity index (χ0v) is 15.9. The summed E-state index contributed by atoms with van der Waals surface area (Å²) in [5.74, 6) is -0.121. The third kappa shape index (κ3) is 3.72. The number of nitrogens with zero attached hydrogens (tertiary/aromatic N) is 5. The van der Waals surface area contributed by atoms with E-state index >= 15 is 0 Å². The van der Waals surface area contributed by atoms with E-state index < -0.39 is 0 Å². The van der Waals surface area contributed by atoms with E-state index in [1.165, 1.54) is 17.3 Å². The van der Waals surface area contributed by atoms with E-state index in [1.807, 2.05) is 15.9 Å². The maximum absolute atomic E-state index is 12.7. The monoisotopic (exact) mass is 383 g/mol. The molecule has 0 atom stereocenters. The van der Waals surface area contributed by atoms with E-state index in [2.05, 4.69) is 4.98 Å². The van der Waals surface area contributed by atoms with E-state index in [0.717, 1.165) is 25.9 Å². The maximum Gasteiger partial charge on any atom is 0.320 e. The minimum absolute atomic E-state index is 0.0310. The molecule has 0 aliphatic carbocycles. The van der Waals surface area contributed by atoms with Crippen molar-refractivity contribution in [2.45, 2.75) is 25.8 Å². The van der Waals surface area contributed by atoms with Crippen molar-refractivity contribution >= 4 is 22.8 Å². The molecule has 3 amide bonds. The third-order valence-electron chi connectivity index (χ3n) is 5.57. The van der Waals surface area contributed by atoms with Crippen LogP contribution in [0.5, 0.6) is 0 Å². The molecule has 1 aromatic heterocycles. The number of hydrogen-bond donors (Lipinski definition) is 0. The molecule has 0 N–H and O–H groups in total. The molecule has 2 aliphatic rings. The Labute approximate surface area is 163 Å². The number of urea groups is 1. The van der Waals surface area contributed by atoms with Crippen molar-refractivity contribution in [3.8, 4) is 0 Å². The normalized spacial score (nSPS) is 17.8. The van der Waals surface area contributed by atoms with Gasteiger partial charge in [-0.25, -0.2) is 9.78 Å². The minimum atomic E-state index is -0.210. The van der Waals surface area contributed by atoms with Crippen LogP contribution in [0.4, 0.5) is 4.79 Å². The number of rotatable bonds is 2. The Balaban J connectivity index is 1.36. The van der Waals surface area contributed by atoms with Crippen molar-refractivity contribution in [2.24, 2.45) is 0 Å². The smallest absolute Gasteiger partial charge is 0.320 e. The minimum Gasteiger partial charge on any atom is -0.338 e. The Bertz CT molecular complexity index is 927. The zero-order valence-electron chi connectivity index (χ0n) is 15.9. The number of carbonyl (C=O) groups is 2. The van der Waals surface area contributed by atoms with Gasteiger partial charge in [0.1, 0.15) is 6.54 Å². The van der Waals surface area contributed by atoms with Crippen LogP contribution in [-0.4, -0.2) is 75.5 Å². The van der Waals surface area contributed by atoms with Crippen molar-refractivity contribution in [2.75, 3.05) is 39.3 Å². The van der Waals surface area contributed by atoms with Crippen LogP contribution in [0.2, 0.25) is 0 Å². The number of para-hydroxylation sites is 1. The van der Waals surface area contributed by atoms with Gasteiger partial charge in [-0.15, -0.1) is 0 Å². The lowest BCUT2D eigenvalue weighted by Gasteiger charge is -2.38. The quantitative estimate of drug-likeness (QED) is 0.779. The zero-order chi connectivity index (χ0) is 19.5. The first-order chi connectivity index (χ1) is 13.6. The Morgan fingerprint density at radius 3 is 2.25 bits per heavy atom. The van der Waals surface area contributed by atoms with Gasteiger partial charge in [-0.1, -0.05) is 12.1 Å². The van der Waals surface area contributed by atoms with Crippen LogP contribution in [0.25, 0.3) is 10.9 Å². The standard InChI is InChI=1S/C20H25N5O3/c26-18(14-25-15-21-17-7-3-2-6-16(17)19(25)27)22-10-12-24(13-11-22)20(28)23-8-4-1-5-9-23/h2-3,6-7,15H,1,4-5,8-14H2. The van der Waals surface area contributed by atoms with Crippen molar-refractivity contribution in [1.29, 1.82) is 0 Å². The third-order valence-corrected chi connectivity index (χ3v) is 5.57. The van der Waals surface area contributed by atoms with Gasteiger partial charge in [0.15, 0.2) is 0 Å². The molecule has 0 spiro atoms. The van der Waals surface area contributed by atoms with Gasteiger partial charge in [0.05, 0.1) is 17.2 Å². The summed E-state index contributed by atoms with van der Waals surface area (Å²) >= 11 is 0. The molecule has 148 valence electrons. The summed E-state index contributed by atoms with van der Waals surface area (Å²) in [6, 6.07) is 7.20. The fraction of sp³-hybridized carbons (Fsp3) is 0.500. The summed E-state index contributed by atoms with van der Waals surface area (Å²) in [4.78, 5) is 47.5. The van der Waals surface area contributed by atoms with E-state index in [1.54, 1.807) is 23.1 Å². The predicted octanol–water partition coefficient (Wildman–Crippen LogP) is 1.15. The van der Waals surface area contributed by atoms with Gasteiger partial charge in [0.25, 0.3) is 5.56 Å². The number of piperidine rings is 1. The molecule has 2 aromatic rings. The SMILES string of the molecule is O=C(Cn1cnc2ccccc2c1=O)N1CCN(C(=O)N2CCCCC2)CC1. The number of carbonyl (C=O) groups excluding carboxylic acids is 2. The summed E-state index contributed by atoms with van der Waals surface area (Å²) in [6.07, 6.45) is 4.76. The second kappa shape index (κ2) is 8.00. The Morgan fingerprint density at radius 1 is 0.857 bits per heavy atom.